The number of aromatic nitrogens is 1. The lowest BCUT2D eigenvalue weighted by Gasteiger charge is -2.22. The number of halogens is 1. The topological polar surface area (TPSA) is 38.4 Å². The van der Waals surface area contributed by atoms with Crippen LogP contribution in [-0.4, -0.2) is 15.4 Å². The Bertz CT molecular complexity index is 793. The van der Waals surface area contributed by atoms with Gasteiger partial charge in [0.1, 0.15) is 5.76 Å². The number of hydrogen-bond donors (Lipinski definition) is 0. The van der Waals surface area contributed by atoms with Crippen molar-refractivity contribution in [2.24, 2.45) is 7.05 Å². The lowest BCUT2D eigenvalue weighted by molar-refractivity contribution is 0.0714. The summed E-state index contributed by atoms with van der Waals surface area (Å²) in [6.45, 7) is 0.957. The van der Waals surface area contributed by atoms with Gasteiger partial charge in [-0.2, -0.15) is 0 Å². The quantitative estimate of drug-likeness (QED) is 0.672. The zero-order valence-corrected chi connectivity index (χ0v) is 14.4. The van der Waals surface area contributed by atoms with Crippen molar-refractivity contribution >= 4 is 21.8 Å². The third-order valence-electron chi connectivity index (χ3n) is 3.69. The molecule has 0 aliphatic rings. The van der Waals surface area contributed by atoms with Crippen LogP contribution in [0, 0.1) is 0 Å². The van der Waals surface area contributed by atoms with Crippen molar-refractivity contribution in [3.63, 3.8) is 0 Å². The minimum Gasteiger partial charge on any atom is -0.467 e. The highest BCUT2D eigenvalue weighted by molar-refractivity contribution is 9.10. The number of nitrogens with zero attached hydrogens (tertiary/aromatic N) is 2. The maximum Gasteiger partial charge on any atom is 0.254 e. The van der Waals surface area contributed by atoms with Gasteiger partial charge in [-0.25, -0.2) is 0 Å². The van der Waals surface area contributed by atoms with Gasteiger partial charge in [0.15, 0.2) is 0 Å². The minimum absolute atomic E-state index is 0.0242. The molecule has 0 aliphatic carbocycles. The van der Waals surface area contributed by atoms with Crippen LogP contribution in [0.25, 0.3) is 0 Å². The molecule has 2 aromatic heterocycles. The molecule has 3 aromatic rings. The van der Waals surface area contributed by atoms with Gasteiger partial charge in [0, 0.05) is 29.0 Å². The van der Waals surface area contributed by atoms with Crippen LogP contribution in [0.15, 0.2) is 69.9 Å². The van der Waals surface area contributed by atoms with Gasteiger partial charge in [0.25, 0.3) is 5.91 Å². The van der Waals surface area contributed by atoms with E-state index in [1.54, 1.807) is 11.2 Å². The van der Waals surface area contributed by atoms with E-state index in [1.807, 2.05) is 66.3 Å². The lowest BCUT2D eigenvalue weighted by atomic mass is 10.2. The molecule has 0 atom stereocenters. The summed E-state index contributed by atoms with van der Waals surface area (Å²) < 4.78 is 8.32. The highest BCUT2D eigenvalue weighted by Gasteiger charge is 2.19. The van der Waals surface area contributed by atoms with Gasteiger partial charge in [-0.3, -0.25) is 4.79 Å². The van der Waals surface area contributed by atoms with Crippen molar-refractivity contribution in [2.45, 2.75) is 13.1 Å². The van der Waals surface area contributed by atoms with Crippen LogP contribution in [0.2, 0.25) is 0 Å². The molecule has 0 saturated heterocycles. The third-order valence-corrected chi connectivity index (χ3v) is 4.18. The summed E-state index contributed by atoms with van der Waals surface area (Å²) in [7, 11) is 1.98. The van der Waals surface area contributed by atoms with E-state index in [9.17, 15) is 4.79 Å². The zero-order valence-electron chi connectivity index (χ0n) is 12.8. The molecule has 2 heterocycles. The molecule has 0 bridgehead atoms. The minimum atomic E-state index is -0.0242. The van der Waals surface area contributed by atoms with Crippen LogP contribution >= 0.6 is 15.9 Å². The van der Waals surface area contributed by atoms with Gasteiger partial charge >= 0.3 is 0 Å². The summed E-state index contributed by atoms with van der Waals surface area (Å²) >= 11 is 3.42. The van der Waals surface area contributed by atoms with Gasteiger partial charge in [0.2, 0.25) is 0 Å². The molecule has 23 heavy (non-hydrogen) atoms. The standard InChI is InChI=1S/C18H17BrN2O2/c1-20-9-3-7-16(20)12-21(13-17-8-4-10-23-17)18(22)14-5-2-6-15(19)11-14/h2-11H,12-13H2,1H3. The first-order chi connectivity index (χ1) is 11.1. The maximum atomic E-state index is 12.9. The molecule has 0 aliphatic heterocycles. The highest BCUT2D eigenvalue weighted by atomic mass is 79.9. The molecular weight excluding hydrogens is 356 g/mol. The van der Waals surface area contributed by atoms with E-state index in [0.29, 0.717) is 18.7 Å². The molecule has 0 fully saturated rings. The second-order valence-corrected chi connectivity index (χ2v) is 6.28. The molecule has 0 spiro atoms. The summed E-state index contributed by atoms with van der Waals surface area (Å²) in [5.41, 5.74) is 1.72. The zero-order chi connectivity index (χ0) is 16.2. The van der Waals surface area contributed by atoms with E-state index in [0.717, 1.165) is 15.9 Å². The Morgan fingerprint density at radius 1 is 1.17 bits per heavy atom. The molecule has 118 valence electrons. The molecule has 0 radical (unpaired) electrons. The van der Waals surface area contributed by atoms with Crippen molar-refractivity contribution in [3.8, 4) is 0 Å². The van der Waals surface area contributed by atoms with Crippen molar-refractivity contribution in [1.29, 1.82) is 0 Å². The smallest absolute Gasteiger partial charge is 0.254 e. The molecule has 5 heteroatoms. The normalized spacial score (nSPS) is 10.7. The molecule has 0 unspecified atom stereocenters. The van der Waals surface area contributed by atoms with Gasteiger partial charge in [-0.15, -0.1) is 0 Å². The number of furan rings is 1. The van der Waals surface area contributed by atoms with Crippen LogP contribution in [0.4, 0.5) is 0 Å². The van der Waals surface area contributed by atoms with Crippen molar-refractivity contribution in [2.75, 3.05) is 0 Å². The number of hydrogen-bond acceptors (Lipinski definition) is 2. The van der Waals surface area contributed by atoms with E-state index >= 15 is 0 Å². The molecule has 1 aromatic carbocycles. The Hall–Kier alpha value is -2.27. The van der Waals surface area contributed by atoms with E-state index in [-0.39, 0.29) is 5.91 Å². The second-order valence-electron chi connectivity index (χ2n) is 5.36. The lowest BCUT2D eigenvalue weighted by Crippen LogP contribution is -2.30. The number of carbonyl (C=O) groups is 1. The fraction of sp³-hybridized carbons (Fsp3) is 0.167. The molecule has 4 nitrogen and oxygen atoms in total. The predicted octanol–water partition coefficient (Wildman–Crippen LogP) is 4.22. The maximum absolute atomic E-state index is 12.9. The Labute approximate surface area is 143 Å². The van der Waals surface area contributed by atoms with E-state index in [2.05, 4.69) is 15.9 Å². The van der Waals surface area contributed by atoms with E-state index < -0.39 is 0 Å². The first-order valence-corrected chi connectivity index (χ1v) is 8.10. The van der Waals surface area contributed by atoms with Crippen LogP contribution in [0.3, 0.4) is 0 Å². The Morgan fingerprint density at radius 3 is 2.70 bits per heavy atom. The number of rotatable bonds is 5. The summed E-state index contributed by atoms with van der Waals surface area (Å²) in [5, 5.41) is 0. The molecular formula is C18H17BrN2O2. The average molecular weight is 373 g/mol. The SMILES string of the molecule is Cn1cccc1CN(Cc1ccco1)C(=O)c1cccc(Br)c1. The van der Waals surface area contributed by atoms with E-state index in [1.165, 1.54) is 0 Å². The third kappa shape index (κ3) is 3.74. The second kappa shape index (κ2) is 6.87. The van der Waals surface area contributed by atoms with Crippen LogP contribution in [-0.2, 0) is 20.1 Å². The highest BCUT2D eigenvalue weighted by Crippen LogP contribution is 2.17. The summed E-state index contributed by atoms with van der Waals surface area (Å²) in [6.07, 6.45) is 3.60. The van der Waals surface area contributed by atoms with E-state index in [4.69, 9.17) is 4.42 Å². The average Bonchev–Trinajstić information content (AvgIpc) is 3.18. The number of benzene rings is 1. The first-order valence-electron chi connectivity index (χ1n) is 7.31. The van der Waals surface area contributed by atoms with Gasteiger partial charge in [0.05, 0.1) is 19.4 Å². The first kappa shape index (κ1) is 15.6. The van der Waals surface area contributed by atoms with Gasteiger partial charge in [-0.1, -0.05) is 22.0 Å². The molecule has 1 amide bonds. The largest absolute Gasteiger partial charge is 0.467 e. The molecule has 3 rings (SSSR count). The summed E-state index contributed by atoms with van der Waals surface area (Å²) in [6, 6.07) is 15.1. The van der Waals surface area contributed by atoms with Gasteiger partial charge in [-0.05, 0) is 42.5 Å². The van der Waals surface area contributed by atoms with Crippen molar-refractivity contribution in [3.05, 3.63) is 82.5 Å². The Balaban J connectivity index is 1.87. The van der Waals surface area contributed by atoms with Crippen LogP contribution < -0.4 is 0 Å². The monoisotopic (exact) mass is 372 g/mol. The number of amides is 1. The van der Waals surface area contributed by atoms with Crippen LogP contribution in [0.5, 0.6) is 0 Å². The fourth-order valence-electron chi connectivity index (χ4n) is 2.45. The fourth-order valence-corrected chi connectivity index (χ4v) is 2.85. The number of carbonyl (C=O) groups excluding carboxylic acids is 1. The number of aryl methyl sites for hydroxylation is 1. The van der Waals surface area contributed by atoms with Crippen molar-refractivity contribution < 1.29 is 9.21 Å². The van der Waals surface area contributed by atoms with Crippen LogP contribution in [0.1, 0.15) is 21.8 Å². The molecule has 0 saturated carbocycles. The summed E-state index contributed by atoms with van der Waals surface area (Å²) in [4.78, 5) is 14.7. The molecule has 0 N–H and O–H groups in total. The predicted molar refractivity (Wildman–Crippen MR) is 91.8 cm³/mol. The Kier molecular flexibility index (Phi) is 4.67. The summed E-state index contributed by atoms with van der Waals surface area (Å²) in [5.74, 6) is 0.742. The van der Waals surface area contributed by atoms with Crippen molar-refractivity contribution in [1.82, 2.24) is 9.47 Å². The van der Waals surface area contributed by atoms with Gasteiger partial charge < -0.3 is 13.9 Å². The Morgan fingerprint density at radius 2 is 2.04 bits per heavy atom.